The molecule has 1 rings (SSSR count). The number of aromatic nitrogens is 1. The summed E-state index contributed by atoms with van der Waals surface area (Å²) in [4.78, 5) is 14.5. The summed E-state index contributed by atoms with van der Waals surface area (Å²) >= 11 is 7.13. The summed E-state index contributed by atoms with van der Waals surface area (Å²) in [6, 6.07) is 3.29. The molecule has 0 aromatic carbocycles. The highest BCUT2D eigenvalue weighted by Gasteiger charge is 2.11. The average molecular weight is 218 g/mol. The second-order valence-corrected chi connectivity index (χ2v) is 3.63. The van der Waals surface area contributed by atoms with Crippen LogP contribution < -0.4 is 0 Å². The monoisotopic (exact) mass is 217 g/mol. The predicted molar refractivity (Wildman–Crippen MR) is 53.4 cm³/mol. The molecule has 3 nitrogen and oxygen atoms in total. The highest BCUT2D eigenvalue weighted by Crippen LogP contribution is 2.16. The van der Waals surface area contributed by atoms with Gasteiger partial charge in [0.05, 0.1) is 0 Å². The van der Waals surface area contributed by atoms with E-state index in [9.17, 15) is 4.79 Å². The van der Waals surface area contributed by atoms with Crippen molar-refractivity contribution in [1.82, 2.24) is 4.98 Å². The molecule has 5 heteroatoms. The molecule has 0 amide bonds. The first-order valence-electron chi connectivity index (χ1n) is 3.53. The number of pyridine rings is 1. The van der Waals surface area contributed by atoms with E-state index in [-0.39, 0.29) is 10.8 Å². The number of rotatable bonds is 3. The van der Waals surface area contributed by atoms with Crippen molar-refractivity contribution in [2.24, 2.45) is 0 Å². The maximum atomic E-state index is 10.7. The Labute approximate surface area is 85.1 Å². The number of aromatic carboxylic acids is 1. The van der Waals surface area contributed by atoms with Gasteiger partial charge in [0.1, 0.15) is 5.15 Å². The van der Waals surface area contributed by atoms with Crippen LogP contribution in [-0.2, 0) is 5.75 Å². The van der Waals surface area contributed by atoms with E-state index < -0.39 is 5.97 Å². The Morgan fingerprint density at radius 1 is 1.69 bits per heavy atom. The Morgan fingerprint density at radius 3 is 2.92 bits per heavy atom. The SMILES string of the molecule is CSCc1ccc(Cl)nc1C(=O)O. The second-order valence-electron chi connectivity index (χ2n) is 2.38. The van der Waals surface area contributed by atoms with Gasteiger partial charge < -0.3 is 5.11 Å². The molecule has 13 heavy (non-hydrogen) atoms. The van der Waals surface area contributed by atoms with E-state index >= 15 is 0 Å². The fourth-order valence-electron chi connectivity index (χ4n) is 0.921. The van der Waals surface area contributed by atoms with Crippen molar-refractivity contribution >= 4 is 29.3 Å². The van der Waals surface area contributed by atoms with Gasteiger partial charge >= 0.3 is 5.97 Å². The minimum absolute atomic E-state index is 0.0434. The molecular formula is C8H8ClNO2S. The van der Waals surface area contributed by atoms with Crippen LogP contribution in [0.25, 0.3) is 0 Å². The third-order valence-corrected chi connectivity index (χ3v) is 2.26. The van der Waals surface area contributed by atoms with Crippen LogP contribution in [0.3, 0.4) is 0 Å². The highest BCUT2D eigenvalue weighted by atomic mass is 35.5. The summed E-state index contributed by atoms with van der Waals surface area (Å²) in [5.74, 6) is -0.405. The molecule has 0 bridgehead atoms. The Bertz CT molecular complexity index is 330. The number of carboxylic acid groups (broad SMARTS) is 1. The maximum Gasteiger partial charge on any atom is 0.354 e. The zero-order valence-corrected chi connectivity index (χ0v) is 8.52. The van der Waals surface area contributed by atoms with Gasteiger partial charge in [0.2, 0.25) is 0 Å². The molecule has 1 heterocycles. The number of halogens is 1. The first kappa shape index (κ1) is 10.3. The van der Waals surface area contributed by atoms with Gasteiger partial charge in [-0.3, -0.25) is 0 Å². The Kier molecular flexibility index (Phi) is 3.57. The highest BCUT2D eigenvalue weighted by molar-refractivity contribution is 7.97. The van der Waals surface area contributed by atoms with Gasteiger partial charge in [-0.2, -0.15) is 11.8 Å². The summed E-state index contributed by atoms with van der Waals surface area (Å²) < 4.78 is 0. The summed E-state index contributed by atoms with van der Waals surface area (Å²) in [6.45, 7) is 0. The van der Waals surface area contributed by atoms with E-state index in [1.165, 1.54) is 0 Å². The minimum atomic E-state index is -1.04. The van der Waals surface area contributed by atoms with Crippen LogP contribution in [-0.4, -0.2) is 22.3 Å². The van der Waals surface area contributed by atoms with Crippen LogP contribution in [0.1, 0.15) is 16.1 Å². The van der Waals surface area contributed by atoms with Crippen molar-refractivity contribution in [2.45, 2.75) is 5.75 Å². The van der Waals surface area contributed by atoms with Crippen molar-refractivity contribution in [3.63, 3.8) is 0 Å². The Morgan fingerprint density at radius 2 is 2.38 bits per heavy atom. The normalized spacial score (nSPS) is 10.0. The van der Waals surface area contributed by atoms with Gasteiger partial charge in [-0.05, 0) is 17.9 Å². The molecule has 1 N–H and O–H groups in total. The van der Waals surface area contributed by atoms with E-state index in [2.05, 4.69) is 4.98 Å². The van der Waals surface area contributed by atoms with Gasteiger partial charge in [0.15, 0.2) is 5.69 Å². The second kappa shape index (κ2) is 4.48. The molecule has 1 aromatic rings. The van der Waals surface area contributed by atoms with Crippen LogP contribution in [0.5, 0.6) is 0 Å². The fraction of sp³-hybridized carbons (Fsp3) is 0.250. The quantitative estimate of drug-likeness (QED) is 0.790. The van der Waals surface area contributed by atoms with E-state index in [1.54, 1.807) is 23.9 Å². The Balaban J connectivity index is 3.10. The van der Waals surface area contributed by atoms with Crippen LogP contribution >= 0.6 is 23.4 Å². The first-order valence-corrected chi connectivity index (χ1v) is 5.30. The van der Waals surface area contributed by atoms with E-state index in [0.717, 1.165) is 0 Å². The van der Waals surface area contributed by atoms with E-state index in [0.29, 0.717) is 11.3 Å². The van der Waals surface area contributed by atoms with Gasteiger partial charge in [0.25, 0.3) is 0 Å². The third kappa shape index (κ3) is 2.60. The largest absolute Gasteiger partial charge is 0.477 e. The molecule has 0 spiro atoms. The van der Waals surface area contributed by atoms with Crippen LogP contribution in [0.4, 0.5) is 0 Å². The predicted octanol–water partition coefficient (Wildman–Crippen LogP) is 2.30. The Hall–Kier alpha value is -0.740. The minimum Gasteiger partial charge on any atom is -0.477 e. The molecular weight excluding hydrogens is 210 g/mol. The van der Waals surface area contributed by atoms with E-state index in [1.807, 2.05) is 6.26 Å². The topological polar surface area (TPSA) is 50.2 Å². The molecule has 0 aliphatic carbocycles. The number of hydrogen-bond donors (Lipinski definition) is 1. The summed E-state index contributed by atoms with van der Waals surface area (Å²) in [7, 11) is 0. The van der Waals surface area contributed by atoms with Gasteiger partial charge in [-0.25, -0.2) is 9.78 Å². The lowest BCUT2D eigenvalue weighted by Gasteiger charge is -2.02. The van der Waals surface area contributed by atoms with Crippen molar-refractivity contribution in [2.75, 3.05) is 6.26 Å². The molecule has 0 saturated heterocycles. The molecule has 0 atom stereocenters. The molecule has 0 unspecified atom stereocenters. The molecule has 1 aromatic heterocycles. The molecule has 70 valence electrons. The van der Waals surface area contributed by atoms with Crippen LogP contribution in [0.2, 0.25) is 5.15 Å². The van der Waals surface area contributed by atoms with Crippen molar-refractivity contribution in [1.29, 1.82) is 0 Å². The smallest absolute Gasteiger partial charge is 0.354 e. The van der Waals surface area contributed by atoms with Gasteiger partial charge in [0, 0.05) is 5.75 Å². The molecule has 0 aliphatic rings. The number of nitrogens with zero attached hydrogens (tertiary/aromatic N) is 1. The lowest BCUT2D eigenvalue weighted by Crippen LogP contribution is -2.04. The maximum absolute atomic E-state index is 10.7. The molecule has 0 fully saturated rings. The van der Waals surface area contributed by atoms with Crippen LogP contribution in [0.15, 0.2) is 12.1 Å². The zero-order valence-electron chi connectivity index (χ0n) is 6.95. The molecule has 0 saturated carbocycles. The number of thioether (sulfide) groups is 1. The first-order chi connectivity index (χ1) is 6.15. The fourth-order valence-corrected chi connectivity index (χ4v) is 1.61. The van der Waals surface area contributed by atoms with Crippen molar-refractivity contribution < 1.29 is 9.90 Å². The van der Waals surface area contributed by atoms with Crippen molar-refractivity contribution in [3.05, 3.63) is 28.5 Å². The number of carbonyl (C=O) groups is 1. The average Bonchev–Trinajstić information content (AvgIpc) is 2.08. The molecule has 0 aliphatic heterocycles. The standard InChI is InChI=1S/C8H8ClNO2S/c1-13-4-5-2-3-6(9)10-7(5)8(11)12/h2-3H,4H2,1H3,(H,11,12). The lowest BCUT2D eigenvalue weighted by atomic mass is 10.2. The van der Waals surface area contributed by atoms with Crippen molar-refractivity contribution in [3.8, 4) is 0 Å². The summed E-state index contributed by atoms with van der Waals surface area (Å²) in [6.07, 6.45) is 1.90. The van der Waals surface area contributed by atoms with Crippen LogP contribution in [0, 0.1) is 0 Å². The summed E-state index contributed by atoms with van der Waals surface area (Å²) in [5.41, 5.74) is 0.742. The zero-order chi connectivity index (χ0) is 9.84. The van der Waals surface area contributed by atoms with E-state index in [4.69, 9.17) is 16.7 Å². The number of carboxylic acids is 1. The summed E-state index contributed by atoms with van der Waals surface area (Å²) in [5, 5.41) is 9.00. The van der Waals surface area contributed by atoms with Gasteiger partial charge in [-0.1, -0.05) is 17.7 Å². The third-order valence-electron chi connectivity index (χ3n) is 1.45. The number of hydrogen-bond acceptors (Lipinski definition) is 3. The molecule has 0 radical (unpaired) electrons. The van der Waals surface area contributed by atoms with Gasteiger partial charge in [-0.15, -0.1) is 0 Å². The lowest BCUT2D eigenvalue weighted by molar-refractivity contribution is 0.0689.